The predicted molar refractivity (Wildman–Crippen MR) is 127 cm³/mol. The number of amides is 1. The number of nitrogens with two attached hydrogens (primary N) is 1. The number of nitrogens with one attached hydrogen (secondary N) is 1. The number of benzene rings is 3. The Labute approximate surface area is 191 Å². The Kier molecular flexibility index (Phi) is 6.71. The second-order valence-corrected chi connectivity index (χ2v) is 10.8. The number of sulfonamides is 1. The maximum atomic E-state index is 13.5. The maximum absolute atomic E-state index is 13.5. The highest BCUT2D eigenvalue weighted by molar-refractivity contribution is 7.99. The van der Waals surface area contributed by atoms with Gasteiger partial charge in [0.15, 0.2) is 0 Å². The number of hydrazine groups is 1. The van der Waals surface area contributed by atoms with Crippen LogP contribution < -0.4 is 16.0 Å². The molecule has 1 heterocycles. The molecule has 0 aromatic heterocycles. The fourth-order valence-corrected chi connectivity index (χ4v) is 6.87. The van der Waals surface area contributed by atoms with E-state index in [1.54, 1.807) is 37.1 Å². The Bertz CT molecular complexity index is 1220. The zero-order valence-electron chi connectivity index (χ0n) is 17.6. The van der Waals surface area contributed by atoms with Crippen LogP contribution in [0.5, 0.6) is 5.75 Å². The van der Waals surface area contributed by atoms with Gasteiger partial charge in [-0.2, -0.15) is 16.1 Å². The Hall–Kier alpha value is -2.59. The number of hydrogen-bond acceptors (Lipinski definition) is 6. The van der Waals surface area contributed by atoms with Gasteiger partial charge in [0.1, 0.15) is 11.8 Å². The molecule has 1 amide bonds. The van der Waals surface area contributed by atoms with Gasteiger partial charge < -0.3 is 4.74 Å². The molecule has 0 saturated carbocycles. The smallest absolute Gasteiger partial charge is 0.252 e. The zero-order valence-corrected chi connectivity index (χ0v) is 19.2. The first kappa shape index (κ1) is 22.6. The molecule has 0 aliphatic carbocycles. The molecule has 1 aliphatic rings. The van der Waals surface area contributed by atoms with Crippen LogP contribution in [0.2, 0.25) is 0 Å². The summed E-state index contributed by atoms with van der Waals surface area (Å²) in [4.78, 5) is 12.6. The van der Waals surface area contributed by atoms with Gasteiger partial charge >= 0.3 is 0 Å². The van der Waals surface area contributed by atoms with E-state index in [0.717, 1.165) is 22.1 Å². The number of methoxy groups -OCH3 is 1. The molecule has 2 unspecified atom stereocenters. The summed E-state index contributed by atoms with van der Waals surface area (Å²) in [5.41, 5.74) is 3.23. The minimum Gasteiger partial charge on any atom is -0.497 e. The lowest BCUT2D eigenvalue weighted by Crippen LogP contribution is -2.47. The van der Waals surface area contributed by atoms with Crippen molar-refractivity contribution >= 4 is 38.5 Å². The molecule has 3 aromatic carbocycles. The van der Waals surface area contributed by atoms with Crippen LogP contribution in [-0.4, -0.2) is 43.6 Å². The molecule has 0 spiro atoms. The molecular weight excluding hydrogens is 446 g/mol. The summed E-state index contributed by atoms with van der Waals surface area (Å²) in [6.45, 7) is 0.244. The fraction of sp³-hybridized carbons (Fsp3) is 0.261. The highest BCUT2D eigenvalue weighted by Crippen LogP contribution is 2.34. The van der Waals surface area contributed by atoms with Crippen LogP contribution in [0.3, 0.4) is 0 Å². The van der Waals surface area contributed by atoms with Gasteiger partial charge in [0.2, 0.25) is 10.0 Å². The molecule has 1 aliphatic heterocycles. The number of carbonyl (C=O) groups excluding carboxylic acids is 1. The van der Waals surface area contributed by atoms with E-state index in [1.807, 2.05) is 48.5 Å². The van der Waals surface area contributed by atoms with Crippen LogP contribution in [0.4, 0.5) is 0 Å². The van der Waals surface area contributed by atoms with E-state index in [1.165, 1.54) is 4.31 Å². The summed E-state index contributed by atoms with van der Waals surface area (Å²) in [6, 6.07) is 19.5. The van der Waals surface area contributed by atoms with E-state index >= 15 is 0 Å². The van der Waals surface area contributed by atoms with Crippen LogP contribution >= 0.6 is 11.8 Å². The van der Waals surface area contributed by atoms with Crippen molar-refractivity contribution < 1.29 is 17.9 Å². The Balaban J connectivity index is 1.55. The normalized spacial score (nSPS) is 19.2. The summed E-state index contributed by atoms with van der Waals surface area (Å²) < 4.78 is 33.4. The summed E-state index contributed by atoms with van der Waals surface area (Å²) in [7, 11) is -2.25. The SMILES string of the molecule is COc1ccc(CSC2CC(C(=O)NN)N(S(=O)(=O)c3ccc4ccccc4c3)C2)cc1. The fourth-order valence-electron chi connectivity index (χ4n) is 3.89. The second kappa shape index (κ2) is 9.50. The van der Waals surface area contributed by atoms with Gasteiger partial charge in [0.05, 0.1) is 12.0 Å². The molecule has 7 nitrogen and oxygen atoms in total. The molecule has 9 heteroatoms. The lowest BCUT2D eigenvalue weighted by atomic mass is 10.1. The second-order valence-electron chi connectivity index (χ2n) is 7.62. The minimum atomic E-state index is -3.87. The number of hydrogen-bond donors (Lipinski definition) is 2. The van der Waals surface area contributed by atoms with Gasteiger partial charge in [-0.25, -0.2) is 14.3 Å². The van der Waals surface area contributed by atoms with Crippen molar-refractivity contribution in [2.24, 2.45) is 5.84 Å². The molecule has 2 atom stereocenters. The van der Waals surface area contributed by atoms with Crippen molar-refractivity contribution in [2.45, 2.75) is 28.4 Å². The topological polar surface area (TPSA) is 102 Å². The van der Waals surface area contributed by atoms with Crippen molar-refractivity contribution in [2.75, 3.05) is 13.7 Å². The largest absolute Gasteiger partial charge is 0.497 e. The zero-order chi connectivity index (χ0) is 22.7. The number of carbonyl (C=O) groups is 1. The lowest BCUT2D eigenvalue weighted by Gasteiger charge is -2.22. The summed E-state index contributed by atoms with van der Waals surface area (Å²) in [5.74, 6) is 6.36. The van der Waals surface area contributed by atoms with Crippen molar-refractivity contribution in [3.63, 3.8) is 0 Å². The van der Waals surface area contributed by atoms with Gasteiger partial charge in [-0.05, 0) is 47.0 Å². The summed E-state index contributed by atoms with van der Waals surface area (Å²) in [5, 5.41) is 1.75. The third kappa shape index (κ3) is 4.61. The molecule has 1 saturated heterocycles. The molecule has 0 radical (unpaired) electrons. The summed E-state index contributed by atoms with van der Waals surface area (Å²) >= 11 is 1.63. The molecular formula is C23H25N3O4S2. The number of ether oxygens (including phenoxy) is 1. The monoisotopic (exact) mass is 471 g/mol. The van der Waals surface area contributed by atoms with E-state index in [-0.39, 0.29) is 16.7 Å². The number of nitrogens with zero attached hydrogens (tertiary/aromatic N) is 1. The van der Waals surface area contributed by atoms with Crippen molar-refractivity contribution in [1.29, 1.82) is 0 Å². The predicted octanol–water partition coefficient (Wildman–Crippen LogP) is 2.90. The number of fused-ring (bicyclic) bond motifs is 1. The molecule has 4 rings (SSSR count). The first-order valence-electron chi connectivity index (χ1n) is 10.2. The number of thioether (sulfide) groups is 1. The van der Waals surface area contributed by atoms with E-state index < -0.39 is 22.0 Å². The molecule has 3 aromatic rings. The van der Waals surface area contributed by atoms with Gasteiger partial charge in [0, 0.05) is 17.5 Å². The van der Waals surface area contributed by atoms with Crippen LogP contribution in [0.15, 0.2) is 71.6 Å². The quantitative estimate of drug-likeness (QED) is 0.312. The Morgan fingerprint density at radius 3 is 2.53 bits per heavy atom. The Morgan fingerprint density at radius 2 is 1.84 bits per heavy atom. The first-order valence-corrected chi connectivity index (χ1v) is 12.7. The van der Waals surface area contributed by atoms with Crippen LogP contribution in [0.25, 0.3) is 10.8 Å². The van der Waals surface area contributed by atoms with E-state index in [4.69, 9.17) is 10.6 Å². The minimum absolute atomic E-state index is 0.0327. The van der Waals surface area contributed by atoms with Crippen molar-refractivity contribution in [3.8, 4) is 5.75 Å². The van der Waals surface area contributed by atoms with Crippen molar-refractivity contribution in [1.82, 2.24) is 9.73 Å². The highest BCUT2D eigenvalue weighted by atomic mass is 32.2. The maximum Gasteiger partial charge on any atom is 0.252 e. The van der Waals surface area contributed by atoms with E-state index in [9.17, 15) is 13.2 Å². The van der Waals surface area contributed by atoms with E-state index in [2.05, 4.69) is 5.43 Å². The average molecular weight is 472 g/mol. The molecule has 1 fully saturated rings. The van der Waals surface area contributed by atoms with Gasteiger partial charge in [0.25, 0.3) is 5.91 Å². The third-order valence-corrected chi connectivity index (χ3v) is 8.82. The Morgan fingerprint density at radius 1 is 1.12 bits per heavy atom. The van der Waals surface area contributed by atoms with Gasteiger partial charge in [-0.1, -0.05) is 42.5 Å². The molecule has 32 heavy (non-hydrogen) atoms. The van der Waals surface area contributed by atoms with Crippen LogP contribution in [0.1, 0.15) is 12.0 Å². The molecule has 3 N–H and O–H groups in total. The number of rotatable bonds is 7. The molecule has 0 bridgehead atoms. The van der Waals surface area contributed by atoms with E-state index in [0.29, 0.717) is 12.2 Å². The van der Waals surface area contributed by atoms with Crippen molar-refractivity contribution in [3.05, 3.63) is 72.3 Å². The average Bonchev–Trinajstić information content (AvgIpc) is 3.27. The first-order chi connectivity index (χ1) is 15.4. The highest BCUT2D eigenvalue weighted by Gasteiger charge is 2.44. The van der Waals surface area contributed by atoms with Gasteiger partial charge in [-0.15, -0.1) is 0 Å². The standard InChI is InChI=1S/C23H25N3O4S2/c1-30-19-9-6-16(7-10-19)15-31-20-13-22(23(27)25-24)26(14-20)32(28,29)21-11-8-17-4-2-3-5-18(17)12-21/h2-12,20,22H,13-15,24H2,1H3,(H,25,27). The third-order valence-electron chi connectivity index (χ3n) is 5.63. The summed E-state index contributed by atoms with van der Waals surface area (Å²) in [6.07, 6.45) is 0.399. The van der Waals surface area contributed by atoms with Crippen LogP contribution in [-0.2, 0) is 20.6 Å². The van der Waals surface area contributed by atoms with Crippen LogP contribution in [0, 0.1) is 0 Å². The van der Waals surface area contributed by atoms with Gasteiger partial charge in [-0.3, -0.25) is 10.2 Å². The lowest BCUT2D eigenvalue weighted by molar-refractivity contribution is -0.124. The molecule has 168 valence electrons.